The third kappa shape index (κ3) is 5.07. The van der Waals surface area contributed by atoms with Crippen molar-refractivity contribution in [2.24, 2.45) is 0 Å². The second kappa shape index (κ2) is 11.5. The Hall–Kier alpha value is -5.90. The van der Waals surface area contributed by atoms with E-state index >= 15 is 0 Å². The zero-order chi connectivity index (χ0) is 31.2. The zero-order valence-electron chi connectivity index (χ0n) is 25.5. The van der Waals surface area contributed by atoms with Crippen molar-refractivity contribution >= 4 is 42.3 Å². The third-order valence-electron chi connectivity index (χ3n) is 8.90. The van der Waals surface area contributed by atoms with Crippen LogP contribution in [0.25, 0.3) is 87.1 Å². The molecule has 0 unspecified atom stereocenters. The molecule has 0 fully saturated rings. The van der Waals surface area contributed by atoms with Crippen LogP contribution in [0.15, 0.2) is 170 Å². The molecular weight excluding hydrogens is 589 g/mol. The van der Waals surface area contributed by atoms with Gasteiger partial charge in [0, 0.05) is 36.9 Å². The summed E-state index contributed by atoms with van der Waals surface area (Å²) in [5, 5.41) is 5.23. The van der Waals surface area contributed by atoms with Crippen molar-refractivity contribution in [1.82, 2.24) is 9.97 Å². The van der Waals surface area contributed by atoms with Gasteiger partial charge < -0.3 is 0 Å². The summed E-state index contributed by atoms with van der Waals surface area (Å²) < 4.78 is 2.65. The molecule has 3 heteroatoms. The van der Waals surface area contributed by atoms with Crippen molar-refractivity contribution in [2.75, 3.05) is 0 Å². The lowest BCUT2D eigenvalue weighted by Crippen LogP contribution is -1.96. The molecule has 47 heavy (non-hydrogen) atoms. The van der Waals surface area contributed by atoms with Gasteiger partial charge in [-0.05, 0) is 51.2 Å². The lowest BCUT2D eigenvalue weighted by Gasteiger charge is -2.11. The topological polar surface area (TPSA) is 25.8 Å². The molecule has 2 aromatic heterocycles. The summed E-state index contributed by atoms with van der Waals surface area (Å²) >= 11 is 1.88. The molecule has 0 spiro atoms. The van der Waals surface area contributed by atoms with Gasteiger partial charge in [-0.25, -0.2) is 9.97 Å². The Morgan fingerprint density at radius 2 is 0.915 bits per heavy atom. The van der Waals surface area contributed by atoms with Crippen LogP contribution in [0.5, 0.6) is 0 Å². The van der Waals surface area contributed by atoms with E-state index in [2.05, 4.69) is 146 Å². The predicted molar refractivity (Wildman–Crippen MR) is 200 cm³/mol. The Kier molecular flexibility index (Phi) is 6.69. The molecule has 0 amide bonds. The maximum absolute atomic E-state index is 5.10. The molecule has 9 rings (SSSR count). The number of nitrogens with zero attached hydrogens (tertiary/aromatic N) is 2. The highest BCUT2D eigenvalue weighted by Crippen LogP contribution is 2.40. The van der Waals surface area contributed by atoms with Gasteiger partial charge in [0.15, 0.2) is 5.82 Å². The second-order valence-corrected chi connectivity index (χ2v) is 12.9. The van der Waals surface area contributed by atoms with Crippen LogP contribution in [0.2, 0.25) is 0 Å². The summed E-state index contributed by atoms with van der Waals surface area (Å²) in [5.74, 6) is 0.717. The van der Waals surface area contributed by atoms with Gasteiger partial charge in [-0.15, -0.1) is 11.3 Å². The first-order valence-electron chi connectivity index (χ1n) is 15.8. The van der Waals surface area contributed by atoms with Crippen LogP contribution in [0.1, 0.15) is 0 Å². The van der Waals surface area contributed by atoms with E-state index in [1.807, 2.05) is 35.6 Å². The van der Waals surface area contributed by atoms with E-state index in [-0.39, 0.29) is 0 Å². The van der Waals surface area contributed by atoms with Crippen molar-refractivity contribution in [2.45, 2.75) is 0 Å². The lowest BCUT2D eigenvalue weighted by molar-refractivity contribution is 1.18. The van der Waals surface area contributed by atoms with Gasteiger partial charge >= 0.3 is 0 Å². The van der Waals surface area contributed by atoms with Crippen LogP contribution in [0.3, 0.4) is 0 Å². The summed E-state index contributed by atoms with van der Waals surface area (Å²) in [4.78, 5) is 10.1. The zero-order valence-corrected chi connectivity index (χ0v) is 26.3. The lowest BCUT2D eigenvalue weighted by atomic mass is 9.99. The van der Waals surface area contributed by atoms with E-state index in [1.165, 1.54) is 53.2 Å². The quantitative estimate of drug-likeness (QED) is 0.192. The van der Waals surface area contributed by atoms with Crippen LogP contribution in [-0.4, -0.2) is 9.97 Å². The van der Waals surface area contributed by atoms with E-state index in [4.69, 9.17) is 9.97 Å². The van der Waals surface area contributed by atoms with Crippen molar-refractivity contribution in [3.63, 3.8) is 0 Å². The van der Waals surface area contributed by atoms with Crippen molar-refractivity contribution in [3.8, 4) is 56.2 Å². The van der Waals surface area contributed by atoms with Gasteiger partial charge in [-0.3, -0.25) is 0 Å². The second-order valence-electron chi connectivity index (χ2n) is 11.8. The van der Waals surface area contributed by atoms with Gasteiger partial charge in [0.05, 0.1) is 11.4 Å². The van der Waals surface area contributed by atoms with Crippen LogP contribution < -0.4 is 0 Å². The first kappa shape index (κ1) is 27.4. The Morgan fingerprint density at radius 1 is 0.340 bits per heavy atom. The Labute approximate surface area is 277 Å². The standard InChI is InChI=1S/C44H28N2S/c1-3-10-29(11-4-1)30-18-20-32(21-19-30)40-28-41(46-44(45-40)33-13-5-2-6-14-33)36-16-9-15-34(26-36)35-23-24-38-39-25-22-31-12-7-8-17-37(31)43(39)47-42(38)27-35/h1-28H. The summed E-state index contributed by atoms with van der Waals surface area (Å²) in [6, 6.07) is 60.2. The number of hydrogen-bond donors (Lipinski definition) is 0. The highest BCUT2D eigenvalue weighted by Gasteiger charge is 2.13. The number of aromatic nitrogens is 2. The molecule has 7 aromatic carbocycles. The van der Waals surface area contributed by atoms with E-state index < -0.39 is 0 Å². The van der Waals surface area contributed by atoms with Crippen LogP contribution in [0, 0.1) is 0 Å². The fourth-order valence-corrected chi connectivity index (χ4v) is 7.74. The SMILES string of the molecule is c1ccc(-c2ccc(-c3cc(-c4cccc(-c5ccc6c(c5)sc5c7ccccc7ccc65)c4)nc(-c4ccccc4)n3)cc2)cc1. The molecule has 0 saturated heterocycles. The Balaban J connectivity index is 1.13. The number of thiophene rings is 1. The molecule has 2 nitrogen and oxygen atoms in total. The summed E-state index contributed by atoms with van der Waals surface area (Å²) in [7, 11) is 0. The fourth-order valence-electron chi connectivity index (χ4n) is 6.47. The van der Waals surface area contributed by atoms with Gasteiger partial charge in [0.1, 0.15) is 0 Å². The number of rotatable bonds is 5. The fraction of sp³-hybridized carbons (Fsp3) is 0. The minimum atomic E-state index is 0.717. The van der Waals surface area contributed by atoms with Crippen LogP contribution in [0.4, 0.5) is 0 Å². The minimum Gasteiger partial charge on any atom is -0.228 e. The van der Waals surface area contributed by atoms with Crippen molar-refractivity contribution < 1.29 is 0 Å². The molecule has 0 atom stereocenters. The minimum absolute atomic E-state index is 0.717. The molecule has 0 saturated carbocycles. The van der Waals surface area contributed by atoms with Crippen LogP contribution in [-0.2, 0) is 0 Å². The van der Waals surface area contributed by atoms with Gasteiger partial charge in [0.2, 0.25) is 0 Å². The predicted octanol–water partition coefficient (Wildman–Crippen LogP) is 12.3. The molecule has 0 radical (unpaired) electrons. The molecule has 220 valence electrons. The molecule has 0 N–H and O–H groups in total. The molecule has 0 aliphatic heterocycles. The van der Waals surface area contributed by atoms with E-state index in [1.54, 1.807) is 0 Å². The van der Waals surface area contributed by atoms with Crippen LogP contribution >= 0.6 is 11.3 Å². The molecular formula is C44H28N2S. The average Bonchev–Trinajstić information content (AvgIpc) is 3.54. The first-order chi connectivity index (χ1) is 23.3. The maximum Gasteiger partial charge on any atom is 0.160 e. The molecule has 0 bridgehead atoms. The van der Waals surface area contributed by atoms with Gasteiger partial charge in [0.25, 0.3) is 0 Å². The van der Waals surface area contributed by atoms with Gasteiger partial charge in [-0.2, -0.15) is 0 Å². The third-order valence-corrected chi connectivity index (χ3v) is 10.1. The summed E-state index contributed by atoms with van der Waals surface area (Å²) in [6.45, 7) is 0. The maximum atomic E-state index is 5.10. The molecule has 0 aliphatic rings. The van der Waals surface area contributed by atoms with Crippen molar-refractivity contribution in [3.05, 3.63) is 170 Å². The summed E-state index contributed by atoms with van der Waals surface area (Å²) in [6.07, 6.45) is 0. The first-order valence-corrected chi connectivity index (χ1v) is 16.6. The smallest absolute Gasteiger partial charge is 0.160 e. The highest BCUT2D eigenvalue weighted by atomic mass is 32.1. The number of benzene rings is 7. The average molecular weight is 617 g/mol. The number of fused-ring (bicyclic) bond motifs is 5. The van der Waals surface area contributed by atoms with E-state index in [9.17, 15) is 0 Å². The monoisotopic (exact) mass is 616 g/mol. The van der Waals surface area contributed by atoms with E-state index in [0.29, 0.717) is 0 Å². The molecule has 0 aliphatic carbocycles. The molecule has 9 aromatic rings. The highest BCUT2D eigenvalue weighted by molar-refractivity contribution is 7.26. The van der Waals surface area contributed by atoms with Crippen molar-refractivity contribution in [1.29, 1.82) is 0 Å². The van der Waals surface area contributed by atoms with Gasteiger partial charge in [-0.1, -0.05) is 152 Å². The molecule has 2 heterocycles. The Bertz CT molecular complexity index is 2550. The Morgan fingerprint density at radius 3 is 1.72 bits per heavy atom. The summed E-state index contributed by atoms with van der Waals surface area (Å²) in [5.41, 5.74) is 9.67. The van der Waals surface area contributed by atoms with E-state index in [0.717, 1.165) is 33.9 Å². The largest absolute Gasteiger partial charge is 0.228 e. The number of hydrogen-bond acceptors (Lipinski definition) is 3. The normalized spacial score (nSPS) is 11.4.